The van der Waals surface area contributed by atoms with E-state index in [0.29, 0.717) is 5.69 Å². The molecule has 5 heteroatoms. The van der Waals surface area contributed by atoms with Crippen LogP contribution in [0.4, 0.5) is 9.18 Å². The maximum atomic E-state index is 16.1. The van der Waals surface area contributed by atoms with Gasteiger partial charge in [0, 0.05) is 25.6 Å². The molecule has 154 valence electrons. The molecule has 2 unspecified atom stereocenters. The predicted molar refractivity (Wildman–Crippen MR) is 116 cm³/mol. The van der Waals surface area contributed by atoms with Crippen molar-refractivity contribution in [3.8, 4) is 0 Å². The van der Waals surface area contributed by atoms with Crippen molar-refractivity contribution in [1.29, 1.82) is 0 Å². The summed E-state index contributed by atoms with van der Waals surface area (Å²) in [4.78, 5) is 18.0. The van der Waals surface area contributed by atoms with Crippen molar-refractivity contribution < 1.29 is 9.18 Å². The molecule has 0 spiro atoms. The number of alkyl halides is 1. The summed E-state index contributed by atoms with van der Waals surface area (Å²) < 4.78 is 16.1. The van der Waals surface area contributed by atoms with E-state index in [1.54, 1.807) is 11.1 Å². The first kappa shape index (κ1) is 20.1. The van der Waals surface area contributed by atoms with Crippen molar-refractivity contribution in [2.75, 3.05) is 6.54 Å². The summed E-state index contributed by atoms with van der Waals surface area (Å²) in [5.74, 6) is 0. The largest absolute Gasteiger partial charge is 0.351 e. The quantitative estimate of drug-likeness (QED) is 0.662. The van der Waals surface area contributed by atoms with Crippen molar-refractivity contribution in [3.05, 3.63) is 101 Å². The molecule has 3 aromatic rings. The van der Waals surface area contributed by atoms with Crippen LogP contribution < -0.4 is 5.73 Å². The van der Waals surface area contributed by atoms with E-state index in [-0.39, 0.29) is 19.4 Å². The minimum atomic E-state index is -1.59. The van der Waals surface area contributed by atoms with Crippen molar-refractivity contribution in [1.82, 2.24) is 9.88 Å². The van der Waals surface area contributed by atoms with Gasteiger partial charge in [0.1, 0.15) is 0 Å². The van der Waals surface area contributed by atoms with Crippen LogP contribution >= 0.6 is 0 Å². The van der Waals surface area contributed by atoms with E-state index < -0.39 is 17.7 Å². The standard InChI is InChI=1S/C25H26FN3O/c1-18-6-5-14-28-23(18)25(26)13-15-29(24(27)30)22(17-25)21-11-9-20(10-12-21)16-19-7-3-2-4-8-19/h2-12,14,22H,13,15-17H2,1H3,(H2,27,30). The number of aryl methyl sites for hydroxylation is 1. The molecule has 2 atom stereocenters. The fourth-order valence-corrected chi connectivity index (χ4v) is 4.39. The van der Waals surface area contributed by atoms with Gasteiger partial charge in [-0.2, -0.15) is 0 Å². The predicted octanol–water partition coefficient (Wildman–Crippen LogP) is 5.06. The van der Waals surface area contributed by atoms with Gasteiger partial charge in [-0.3, -0.25) is 4.98 Å². The van der Waals surface area contributed by atoms with E-state index in [4.69, 9.17) is 5.73 Å². The number of hydrogen-bond acceptors (Lipinski definition) is 2. The summed E-state index contributed by atoms with van der Waals surface area (Å²) in [5, 5.41) is 0. The number of amides is 2. The van der Waals surface area contributed by atoms with Crippen LogP contribution in [-0.2, 0) is 12.1 Å². The van der Waals surface area contributed by atoms with Crippen molar-refractivity contribution in [2.24, 2.45) is 5.73 Å². The number of rotatable bonds is 4. The number of urea groups is 1. The Kier molecular flexibility index (Phi) is 5.53. The highest BCUT2D eigenvalue weighted by Gasteiger charge is 2.44. The van der Waals surface area contributed by atoms with Gasteiger partial charge in [-0.05, 0) is 41.7 Å². The summed E-state index contributed by atoms with van der Waals surface area (Å²) in [6, 6.07) is 21.0. The Labute approximate surface area is 176 Å². The van der Waals surface area contributed by atoms with Gasteiger partial charge >= 0.3 is 6.03 Å². The van der Waals surface area contributed by atoms with E-state index in [1.807, 2.05) is 61.5 Å². The molecule has 0 aliphatic carbocycles. The minimum absolute atomic E-state index is 0.145. The van der Waals surface area contributed by atoms with Gasteiger partial charge in [-0.15, -0.1) is 0 Å². The fourth-order valence-electron chi connectivity index (χ4n) is 4.39. The Bertz CT molecular complexity index is 1020. The van der Waals surface area contributed by atoms with Crippen LogP contribution in [0.1, 0.15) is 46.8 Å². The topological polar surface area (TPSA) is 59.2 Å². The lowest BCUT2D eigenvalue weighted by Crippen LogP contribution is -2.48. The Hall–Kier alpha value is -3.21. The lowest BCUT2D eigenvalue weighted by molar-refractivity contribution is 0.0307. The molecule has 2 aromatic carbocycles. The molecule has 1 fully saturated rings. The first-order chi connectivity index (χ1) is 14.5. The second-order valence-electron chi connectivity index (χ2n) is 8.04. The number of hydrogen-bond donors (Lipinski definition) is 1. The van der Waals surface area contributed by atoms with Gasteiger partial charge in [-0.1, -0.05) is 60.7 Å². The number of benzene rings is 2. The molecule has 2 N–H and O–H groups in total. The number of carbonyl (C=O) groups is 1. The van der Waals surface area contributed by atoms with Crippen LogP contribution in [-0.4, -0.2) is 22.5 Å². The van der Waals surface area contributed by atoms with Crippen LogP contribution in [0.15, 0.2) is 72.9 Å². The Morgan fingerprint density at radius 2 is 1.80 bits per heavy atom. The highest BCUT2D eigenvalue weighted by atomic mass is 19.1. The van der Waals surface area contributed by atoms with Crippen LogP contribution in [0.5, 0.6) is 0 Å². The van der Waals surface area contributed by atoms with Crippen LogP contribution in [0, 0.1) is 6.92 Å². The molecule has 1 aliphatic rings. The number of nitrogens with two attached hydrogens (primary N) is 1. The zero-order chi connectivity index (χ0) is 21.1. The third-order valence-electron chi connectivity index (χ3n) is 5.97. The molecule has 0 radical (unpaired) electrons. The van der Waals surface area contributed by atoms with E-state index in [1.165, 1.54) is 11.1 Å². The molecule has 2 heterocycles. The summed E-state index contributed by atoms with van der Waals surface area (Å²) in [7, 11) is 0. The first-order valence-corrected chi connectivity index (χ1v) is 10.3. The Morgan fingerprint density at radius 3 is 2.47 bits per heavy atom. The number of halogens is 1. The molecule has 30 heavy (non-hydrogen) atoms. The summed E-state index contributed by atoms with van der Waals surface area (Å²) >= 11 is 0. The second-order valence-corrected chi connectivity index (χ2v) is 8.04. The normalized spacial score (nSPS) is 21.4. The van der Waals surface area contributed by atoms with Crippen molar-refractivity contribution in [3.63, 3.8) is 0 Å². The van der Waals surface area contributed by atoms with Gasteiger partial charge in [0.25, 0.3) is 0 Å². The van der Waals surface area contributed by atoms with Crippen LogP contribution in [0.3, 0.4) is 0 Å². The van der Waals surface area contributed by atoms with E-state index in [9.17, 15) is 4.79 Å². The van der Waals surface area contributed by atoms with E-state index in [0.717, 1.165) is 17.5 Å². The molecule has 2 amide bonds. The second kappa shape index (κ2) is 8.27. The third kappa shape index (κ3) is 4.06. The highest BCUT2D eigenvalue weighted by Crippen LogP contribution is 2.45. The summed E-state index contributed by atoms with van der Waals surface area (Å²) in [5.41, 5.74) is 8.61. The Morgan fingerprint density at radius 1 is 1.10 bits per heavy atom. The summed E-state index contributed by atoms with van der Waals surface area (Å²) in [6.07, 6.45) is 2.78. The van der Waals surface area contributed by atoms with Gasteiger partial charge in [0.2, 0.25) is 0 Å². The summed E-state index contributed by atoms with van der Waals surface area (Å²) in [6.45, 7) is 2.13. The monoisotopic (exact) mass is 403 g/mol. The number of piperidine rings is 1. The Balaban J connectivity index is 1.61. The number of aromatic nitrogens is 1. The first-order valence-electron chi connectivity index (χ1n) is 10.3. The zero-order valence-corrected chi connectivity index (χ0v) is 17.1. The number of likely N-dealkylation sites (tertiary alicyclic amines) is 1. The van der Waals surface area contributed by atoms with E-state index >= 15 is 4.39 Å². The van der Waals surface area contributed by atoms with Gasteiger partial charge in [-0.25, -0.2) is 9.18 Å². The lowest BCUT2D eigenvalue weighted by atomic mass is 9.81. The maximum Gasteiger partial charge on any atom is 0.315 e. The zero-order valence-electron chi connectivity index (χ0n) is 17.1. The van der Waals surface area contributed by atoms with E-state index in [2.05, 4.69) is 17.1 Å². The number of primary amides is 1. The highest BCUT2D eigenvalue weighted by molar-refractivity contribution is 5.73. The number of pyridine rings is 1. The fraction of sp³-hybridized carbons (Fsp3) is 0.280. The molecule has 4 nitrogen and oxygen atoms in total. The van der Waals surface area contributed by atoms with Crippen LogP contribution in [0.25, 0.3) is 0 Å². The molecule has 1 aromatic heterocycles. The SMILES string of the molecule is Cc1cccnc1C1(F)CCN(C(N)=O)C(c2ccc(Cc3ccccc3)cc2)C1. The van der Waals surface area contributed by atoms with Crippen molar-refractivity contribution in [2.45, 2.75) is 37.9 Å². The average Bonchev–Trinajstić information content (AvgIpc) is 2.75. The molecule has 1 aliphatic heterocycles. The molecule has 1 saturated heterocycles. The van der Waals surface area contributed by atoms with Gasteiger partial charge < -0.3 is 10.6 Å². The third-order valence-corrected chi connectivity index (χ3v) is 5.97. The smallest absolute Gasteiger partial charge is 0.315 e. The molecule has 4 rings (SSSR count). The number of nitrogens with zero attached hydrogens (tertiary/aromatic N) is 2. The maximum absolute atomic E-state index is 16.1. The molecule has 0 saturated carbocycles. The average molecular weight is 404 g/mol. The number of carbonyl (C=O) groups excluding carboxylic acids is 1. The lowest BCUT2D eigenvalue weighted by Gasteiger charge is -2.42. The van der Waals surface area contributed by atoms with Crippen LogP contribution in [0.2, 0.25) is 0 Å². The van der Waals surface area contributed by atoms with Crippen molar-refractivity contribution >= 4 is 6.03 Å². The molecule has 0 bridgehead atoms. The minimum Gasteiger partial charge on any atom is -0.351 e. The molecular formula is C25H26FN3O. The molecular weight excluding hydrogens is 377 g/mol. The van der Waals surface area contributed by atoms with Gasteiger partial charge in [0.05, 0.1) is 11.7 Å². The van der Waals surface area contributed by atoms with Gasteiger partial charge in [0.15, 0.2) is 5.67 Å².